The summed E-state index contributed by atoms with van der Waals surface area (Å²) < 4.78 is 7.07. The molecule has 1 N–H and O–H groups in total. The second kappa shape index (κ2) is 8.31. The molecule has 3 aromatic rings. The van der Waals surface area contributed by atoms with Crippen LogP contribution in [0.3, 0.4) is 0 Å². The molecule has 0 saturated heterocycles. The topological polar surface area (TPSA) is 73.2 Å². The number of benzene rings is 2. The largest absolute Gasteiger partial charge is 0.460 e. The highest BCUT2D eigenvalue weighted by atomic mass is 16.5. The summed E-state index contributed by atoms with van der Waals surface area (Å²) >= 11 is 0. The van der Waals surface area contributed by atoms with Gasteiger partial charge in [-0.15, -0.1) is 0 Å². The first-order valence-electron chi connectivity index (χ1n) is 9.77. The Labute approximate surface area is 169 Å². The van der Waals surface area contributed by atoms with E-state index in [9.17, 15) is 9.59 Å². The molecule has 0 unspecified atom stereocenters. The number of nitrogens with zero attached hydrogens (tertiary/aromatic N) is 2. The average molecular weight is 389 g/mol. The van der Waals surface area contributed by atoms with E-state index in [1.165, 1.54) is 5.56 Å². The first kappa shape index (κ1) is 18.9. The minimum atomic E-state index is -0.475. The van der Waals surface area contributed by atoms with Gasteiger partial charge in [0.25, 0.3) is 5.91 Å². The number of ether oxygens (including phenoxy) is 1. The molecule has 148 valence electrons. The van der Waals surface area contributed by atoms with Gasteiger partial charge in [0.05, 0.1) is 5.69 Å². The Morgan fingerprint density at radius 3 is 2.59 bits per heavy atom. The summed E-state index contributed by atoms with van der Waals surface area (Å²) in [6, 6.07) is 17.5. The molecule has 6 nitrogen and oxygen atoms in total. The summed E-state index contributed by atoms with van der Waals surface area (Å²) in [5, 5.41) is 7.21. The quantitative estimate of drug-likeness (QED) is 0.658. The molecule has 2 aromatic carbocycles. The van der Waals surface area contributed by atoms with Crippen molar-refractivity contribution < 1.29 is 14.3 Å². The number of aryl methyl sites for hydroxylation is 1. The van der Waals surface area contributed by atoms with Crippen LogP contribution < -0.4 is 5.32 Å². The van der Waals surface area contributed by atoms with Gasteiger partial charge in [-0.2, -0.15) is 5.10 Å². The van der Waals surface area contributed by atoms with Gasteiger partial charge >= 0.3 is 5.97 Å². The highest BCUT2D eigenvalue weighted by molar-refractivity contribution is 5.96. The van der Waals surface area contributed by atoms with E-state index >= 15 is 0 Å². The summed E-state index contributed by atoms with van der Waals surface area (Å²) in [6.07, 6.45) is 2.71. The van der Waals surface area contributed by atoms with Crippen LogP contribution in [0.25, 0.3) is 5.69 Å². The molecule has 0 bridgehead atoms. The Balaban J connectivity index is 1.42. The summed E-state index contributed by atoms with van der Waals surface area (Å²) in [6.45, 7) is 2.04. The molecule has 1 heterocycles. The third-order valence-corrected chi connectivity index (χ3v) is 5.06. The number of carbonyl (C=O) groups is 2. The molecule has 1 aromatic heterocycles. The number of esters is 1. The van der Waals surface area contributed by atoms with E-state index in [0.29, 0.717) is 5.69 Å². The Hall–Kier alpha value is -3.41. The smallest absolute Gasteiger partial charge is 0.325 e. The van der Waals surface area contributed by atoms with Crippen molar-refractivity contribution in [3.05, 3.63) is 82.7 Å². The van der Waals surface area contributed by atoms with Crippen molar-refractivity contribution in [2.45, 2.75) is 32.8 Å². The second-order valence-corrected chi connectivity index (χ2v) is 7.20. The van der Waals surface area contributed by atoms with Crippen molar-refractivity contribution in [1.29, 1.82) is 0 Å². The number of fused-ring (bicyclic) bond motifs is 1. The standard InChI is InChI=1S/C23H23N3O3/c1-16-10-12-18(13-11-16)26-20-9-5-8-19(20)22(25-26)23(28)24-14-21(27)29-15-17-6-3-2-4-7-17/h2-4,6-7,10-13H,5,8-9,14-15H2,1H3,(H,24,28). The number of rotatable bonds is 6. The van der Waals surface area contributed by atoms with E-state index in [1.807, 2.05) is 66.2 Å². The molecular weight excluding hydrogens is 366 g/mol. The van der Waals surface area contributed by atoms with Gasteiger partial charge < -0.3 is 10.1 Å². The maximum atomic E-state index is 12.7. The maximum absolute atomic E-state index is 12.7. The summed E-state index contributed by atoms with van der Waals surface area (Å²) in [4.78, 5) is 24.7. The normalized spacial score (nSPS) is 12.4. The molecule has 1 aliphatic rings. The Kier molecular flexibility index (Phi) is 5.42. The number of hydrogen-bond donors (Lipinski definition) is 1. The first-order chi connectivity index (χ1) is 14.1. The Morgan fingerprint density at radius 1 is 1.07 bits per heavy atom. The van der Waals surface area contributed by atoms with Crippen molar-refractivity contribution in [1.82, 2.24) is 15.1 Å². The van der Waals surface area contributed by atoms with Crippen molar-refractivity contribution in [3.63, 3.8) is 0 Å². The summed E-state index contributed by atoms with van der Waals surface area (Å²) in [5.74, 6) is -0.817. The van der Waals surface area contributed by atoms with Gasteiger partial charge in [0.1, 0.15) is 13.2 Å². The zero-order chi connectivity index (χ0) is 20.2. The summed E-state index contributed by atoms with van der Waals surface area (Å²) in [5.41, 5.74) is 5.46. The van der Waals surface area contributed by atoms with E-state index in [4.69, 9.17) is 4.74 Å². The average Bonchev–Trinajstić information content (AvgIpc) is 3.35. The monoisotopic (exact) mass is 389 g/mol. The van der Waals surface area contributed by atoms with Crippen LogP contribution in [0, 0.1) is 6.92 Å². The SMILES string of the molecule is Cc1ccc(-n2nc(C(=O)NCC(=O)OCc3ccccc3)c3c2CCC3)cc1. The van der Waals surface area contributed by atoms with Crippen LogP contribution in [0.15, 0.2) is 54.6 Å². The van der Waals surface area contributed by atoms with Crippen molar-refractivity contribution in [3.8, 4) is 5.69 Å². The molecule has 29 heavy (non-hydrogen) atoms. The first-order valence-corrected chi connectivity index (χ1v) is 9.77. The van der Waals surface area contributed by atoms with Gasteiger partial charge in [-0.3, -0.25) is 9.59 Å². The van der Waals surface area contributed by atoms with Crippen molar-refractivity contribution in [2.75, 3.05) is 6.54 Å². The fourth-order valence-corrected chi connectivity index (χ4v) is 3.54. The lowest BCUT2D eigenvalue weighted by atomic mass is 10.2. The van der Waals surface area contributed by atoms with Crippen LogP contribution in [0.5, 0.6) is 0 Å². The van der Waals surface area contributed by atoms with Crippen LogP contribution in [-0.2, 0) is 29.0 Å². The molecule has 1 amide bonds. The molecule has 0 spiro atoms. The number of hydrogen-bond acceptors (Lipinski definition) is 4. The fourth-order valence-electron chi connectivity index (χ4n) is 3.54. The maximum Gasteiger partial charge on any atom is 0.325 e. The molecular formula is C23H23N3O3. The zero-order valence-corrected chi connectivity index (χ0v) is 16.4. The number of carbonyl (C=O) groups excluding carboxylic acids is 2. The molecule has 4 rings (SSSR count). The van der Waals surface area contributed by atoms with Crippen LogP contribution >= 0.6 is 0 Å². The lowest BCUT2D eigenvalue weighted by Gasteiger charge is -2.07. The van der Waals surface area contributed by atoms with Crippen LogP contribution in [0.2, 0.25) is 0 Å². The minimum Gasteiger partial charge on any atom is -0.460 e. The van der Waals surface area contributed by atoms with E-state index in [2.05, 4.69) is 10.4 Å². The lowest BCUT2D eigenvalue weighted by molar-refractivity contribution is -0.143. The highest BCUT2D eigenvalue weighted by Crippen LogP contribution is 2.27. The number of nitrogens with one attached hydrogen (secondary N) is 1. The third kappa shape index (κ3) is 4.21. The number of aromatic nitrogens is 2. The molecule has 6 heteroatoms. The Bertz CT molecular complexity index is 1020. The zero-order valence-electron chi connectivity index (χ0n) is 16.4. The predicted molar refractivity (Wildman–Crippen MR) is 109 cm³/mol. The van der Waals surface area contributed by atoms with Gasteiger partial charge in [0.2, 0.25) is 0 Å². The van der Waals surface area contributed by atoms with E-state index in [-0.39, 0.29) is 19.1 Å². The van der Waals surface area contributed by atoms with Crippen LogP contribution in [0.1, 0.15) is 39.3 Å². The molecule has 0 aliphatic heterocycles. The van der Waals surface area contributed by atoms with Gasteiger partial charge in [0.15, 0.2) is 5.69 Å². The number of amides is 1. The van der Waals surface area contributed by atoms with Gasteiger partial charge in [-0.05, 0) is 43.9 Å². The third-order valence-electron chi connectivity index (χ3n) is 5.06. The highest BCUT2D eigenvalue weighted by Gasteiger charge is 2.27. The predicted octanol–water partition coefficient (Wildman–Crippen LogP) is 3.14. The molecule has 0 saturated carbocycles. The van der Waals surface area contributed by atoms with E-state index < -0.39 is 5.97 Å². The minimum absolute atomic E-state index is 0.183. The lowest BCUT2D eigenvalue weighted by Crippen LogP contribution is -2.31. The molecule has 0 fully saturated rings. The second-order valence-electron chi connectivity index (χ2n) is 7.20. The Morgan fingerprint density at radius 2 is 1.83 bits per heavy atom. The fraction of sp³-hybridized carbons (Fsp3) is 0.261. The van der Waals surface area contributed by atoms with Crippen LogP contribution in [0.4, 0.5) is 0 Å². The summed E-state index contributed by atoms with van der Waals surface area (Å²) in [7, 11) is 0. The van der Waals surface area contributed by atoms with Gasteiger partial charge in [-0.1, -0.05) is 48.0 Å². The van der Waals surface area contributed by atoms with E-state index in [1.54, 1.807) is 0 Å². The van der Waals surface area contributed by atoms with E-state index in [0.717, 1.165) is 41.8 Å². The van der Waals surface area contributed by atoms with Crippen molar-refractivity contribution >= 4 is 11.9 Å². The molecule has 1 aliphatic carbocycles. The van der Waals surface area contributed by atoms with Crippen molar-refractivity contribution in [2.24, 2.45) is 0 Å². The van der Waals surface area contributed by atoms with Gasteiger partial charge in [-0.25, -0.2) is 4.68 Å². The van der Waals surface area contributed by atoms with Gasteiger partial charge in [0, 0.05) is 11.3 Å². The molecule has 0 atom stereocenters. The molecule has 0 radical (unpaired) electrons. The van der Waals surface area contributed by atoms with Crippen LogP contribution in [-0.4, -0.2) is 28.2 Å².